The van der Waals surface area contributed by atoms with Crippen molar-refractivity contribution in [3.05, 3.63) is 23.4 Å². The number of fused-ring (bicyclic) bond motifs is 1. The molecule has 9 nitrogen and oxygen atoms in total. The molecular formula is C23H34N4O5. The monoisotopic (exact) mass is 446 g/mol. The Balaban J connectivity index is 2.42. The van der Waals surface area contributed by atoms with Crippen LogP contribution in [0.3, 0.4) is 0 Å². The molecule has 0 radical (unpaired) electrons. The predicted octanol–water partition coefficient (Wildman–Crippen LogP) is 0.0540. The van der Waals surface area contributed by atoms with Crippen LogP contribution in [0.1, 0.15) is 36.7 Å². The third kappa shape index (κ3) is 6.66. The Hall–Kier alpha value is -2.67. The summed E-state index contributed by atoms with van der Waals surface area (Å²) in [7, 11) is 5.39. The predicted molar refractivity (Wildman–Crippen MR) is 120 cm³/mol. The normalized spacial score (nSPS) is 20.3. The van der Waals surface area contributed by atoms with Gasteiger partial charge in [-0.15, -0.1) is 0 Å². The van der Waals surface area contributed by atoms with Crippen LogP contribution in [0.5, 0.6) is 5.88 Å². The summed E-state index contributed by atoms with van der Waals surface area (Å²) in [5, 5.41) is 19.1. The standard InChI is InChI=1S/C23H34N4O5/c1-15-11-27(16(2)14-28)23(31)19-9-18(8-7-17(3)29)10-24-22(19)32-20(15)12-26(6)21(30)13-25(4)5/h9-10,15-17,20,28-29H,11-14H2,1-6H3/t15-,16+,17+,20-/m1/s1. The summed E-state index contributed by atoms with van der Waals surface area (Å²) >= 11 is 0. The van der Waals surface area contributed by atoms with Gasteiger partial charge in [-0.3, -0.25) is 9.59 Å². The number of carbonyl (C=O) groups is 2. The van der Waals surface area contributed by atoms with E-state index in [4.69, 9.17) is 4.74 Å². The Morgan fingerprint density at radius 2 is 2.06 bits per heavy atom. The minimum Gasteiger partial charge on any atom is -0.472 e. The largest absolute Gasteiger partial charge is 0.472 e. The molecule has 0 aliphatic carbocycles. The summed E-state index contributed by atoms with van der Waals surface area (Å²) in [4.78, 5) is 35.1. The van der Waals surface area contributed by atoms with Crippen LogP contribution in [0.4, 0.5) is 0 Å². The van der Waals surface area contributed by atoms with Crippen LogP contribution < -0.4 is 4.74 Å². The van der Waals surface area contributed by atoms with E-state index >= 15 is 0 Å². The second kappa shape index (κ2) is 11.3. The molecule has 0 fully saturated rings. The van der Waals surface area contributed by atoms with Crippen LogP contribution in [0.15, 0.2) is 12.3 Å². The second-order valence-electron chi connectivity index (χ2n) is 8.66. The fourth-order valence-electron chi connectivity index (χ4n) is 3.34. The highest BCUT2D eigenvalue weighted by Crippen LogP contribution is 2.27. The van der Waals surface area contributed by atoms with E-state index < -0.39 is 18.2 Å². The van der Waals surface area contributed by atoms with Gasteiger partial charge >= 0.3 is 0 Å². The first kappa shape index (κ1) is 25.6. The number of hydrogen-bond acceptors (Lipinski definition) is 7. The van der Waals surface area contributed by atoms with Crippen molar-refractivity contribution in [3.63, 3.8) is 0 Å². The van der Waals surface area contributed by atoms with Gasteiger partial charge < -0.3 is 29.6 Å². The Bertz CT molecular complexity index is 877. The molecule has 1 aliphatic heterocycles. The van der Waals surface area contributed by atoms with Crippen molar-refractivity contribution >= 4 is 11.8 Å². The van der Waals surface area contributed by atoms with E-state index in [1.807, 2.05) is 21.0 Å². The molecule has 4 atom stereocenters. The van der Waals surface area contributed by atoms with E-state index in [1.54, 1.807) is 41.7 Å². The number of rotatable bonds is 6. The molecule has 1 aromatic rings. The van der Waals surface area contributed by atoms with Gasteiger partial charge in [-0.05, 0) is 34.0 Å². The van der Waals surface area contributed by atoms with Gasteiger partial charge in [0.15, 0.2) is 0 Å². The number of nitrogens with zero attached hydrogens (tertiary/aromatic N) is 4. The molecule has 0 unspecified atom stereocenters. The molecule has 1 aliphatic rings. The first-order valence-electron chi connectivity index (χ1n) is 10.7. The number of aromatic nitrogens is 1. The molecule has 32 heavy (non-hydrogen) atoms. The Labute approximate surface area is 190 Å². The van der Waals surface area contributed by atoms with E-state index in [0.29, 0.717) is 18.7 Å². The molecule has 176 valence electrons. The molecule has 9 heteroatoms. The number of amides is 2. The van der Waals surface area contributed by atoms with Crippen LogP contribution in [0, 0.1) is 17.8 Å². The molecule has 2 rings (SSSR count). The second-order valence-corrected chi connectivity index (χ2v) is 8.66. The van der Waals surface area contributed by atoms with Crippen molar-refractivity contribution in [2.24, 2.45) is 5.92 Å². The maximum absolute atomic E-state index is 13.3. The minimum atomic E-state index is -0.810. The molecule has 0 aromatic carbocycles. The Morgan fingerprint density at radius 3 is 2.66 bits per heavy atom. The first-order chi connectivity index (χ1) is 15.0. The SMILES string of the molecule is C[C@H](O)C#Cc1cnc2c(c1)C(=O)N([C@@H](C)CO)C[C@@H](C)[C@@H](CN(C)C(=O)CN(C)C)O2. The third-order valence-corrected chi connectivity index (χ3v) is 5.28. The average molecular weight is 447 g/mol. The lowest BCUT2D eigenvalue weighted by atomic mass is 10.00. The highest BCUT2D eigenvalue weighted by Gasteiger charge is 2.34. The van der Waals surface area contributed by atoms with Crippen molar-refractivity contribution < 1.29 is 24.5 Å². The van der Waals surface area contributed by atoms with Crippen LogP contribution in [0.2, 0.25) is 0 Å². The molecule has 2 amide bonds. The zero-order chi connectivity index (χ0) is 24.0. The first-order valence-corrected chi connectivity index (χ1v) is 10.7. The molecular weight excluding hydrogens is 412 g/mol. The smallest absolute Gasteiger partial charge is 0.259 e. The number of aliphatic hydroxyl groups is 2. The highest BCUT2D eigenvalue weighted by molar-refractivity contribution is 5.97. The molecule has 0 spiro atoms. The highest BCUT2D eigenvalue weighted by atomic mass is 16.5. The fourth-order valence-corrected chi connectivity index (χ4v) is 3.34. The number of likely N-dealkylation sites (N-methyl/N-ethyl adjacent to an activating group) is 2. The maximum Gasteiger partial charge on any atom is 0.259 e. The summed E-state index contributed by atoms with van der Waals surface area (Å²) in [5.41, 5.74) is 0.712. The zero-order valence-electron chi connectivity index (χ0n) is 19.7. The van der Waals surface area contributed by atoms with Crippen molar-refractivity contribution in [2.75, 3.05) is 47.4 Å². The topological polar surface area (TPSA) is 106 Å². The fraction of sp³-hybridized carbons (Fsp3) is 0.609. The molecule has 0 bridgehead atoms. The van der Waals surface area contributed by atoms with E-state index in [0.717, 1.165) is 0 Å². The quantitative estimate of drug-likeness (QED) is 0.595. The third-order valence-electron chi connectivity index (χ3n) is 5.28. The molecule has 2 N–H and O–H groups in total. The summed E-state index contributed by atoms with van der Waals surface area (Å²) in [6, 6.07) is 1.18. The van der Waals surface area contributed by atoms with Crippen molar-refractivity contribution in [2.45, 2.75) is 39.0 Å². The Kier molecular flexibility index (Phi) is 9.01. The van der Waals surface area contributed by atoms with Crippen molar-refractivity contribution in [3.8, 4) is 17.7 Å². The van der Waals surface area contributed by atoms with E-state index in [2.05, 4.69) is 16.8 Å². The summed E-state index contributed by atoms with van der Waals surface area (Å²) in [5.74, 6) is 5.13. The molecule has 1 aromatic heterocycles. The van der Waals surface area contributed by atoms with Crippen molar-refractivity contribution in [1.82, 2.24) is 19.7 Å². The Morgan fingerprint density at radius 1 is 1.38 bits per heavy atom. The van der Waals surface area contributed by atoms with E-state index in [-0.39, 0.29) is 42.3 Å². The van der Waals surface area contributed by atoms with Gasteiger partial charge in [-0.1, -0.05) is 18.8 Å². The van der Waals surface area contributed by atoms with E-state index in [9.17, 15) is 19.8 Å². The number of ether oxygens (including phenoxy) is 1. The van der Waals surface area contributed by atoms with E-state index in [1.165, 1.54) is 6.20 Å². The van der Waals surface area contributed by atoms with Crippen LogP contribution >= 0.6 is 0 Å². The minimum absolute atomic E-state index is 0.0403. The zero-order valence-corrected chi connectivity index (χ0v) is 19.7. The molecule has 0 saturated heterocycles. The molecule has 2 heterocycles. The summed E-state index contributed by atoms with van der Waals surface area (Å²) in [6.07, 6.45) is 0.273. The van der Waals surface area contributed by atoms with Crippen molar-refractivity contribution in [1.29, 1.82) is 0 Å². The number of hydrogen-bond donors (Lipinski definition) is 2. The lowest BCUT2D eigenvalue weighted by Gasteiger charge is -2.37. The maximum atomic E-state index is 13.3. The van der Waals surface area contributed by atoms with Gasteiger partial charge in [0.25, 0.3) is 5.91 Å². The number of aliphatic hydroxyl groups excluding tert-OH is 2. The number of carbonyl (C=O) groups excluding carboxylic acids is 2. The molecule has 0 saturated carbocycles. The van der Waals surface area contributed by atoms with Crippen LogP contribution in [-0.2, 0) is 4.79 Å². The van der Waals surface area contributed by atoms with Gasteiger partial charge in [0.2, 0.25) is 11.8 Å². The average Bonchev–Trinajstić information content (AvgIpc) is 2.73. The summed E-state index contributed by atoms with van der Waals surface area (Å²) in [6.45, 7) is 6.05. The van der Waals surface area contributed by atoms with Gasteiger partial charge in [-0.25, -0.2) is 4.98 Å². The van der Waals surface area contributed by atoms with Crippen LogP contribution in [0.25, 0.3) is 0 Å². The van der Waals surface area contributed by atoms with Crippen LogP contribution in [-0.4, -0.2) is 107 Å². The van der Waals surface area contributed by atoms with Gasteiger partial charge in [0.1, 0.15) is 17.8 Å². The summed E-state index contributed by atoms with van der Waals surface area (Å²) < 4.78 is 6.16. The lowest BCUT2D eigenvalue weighted by molar-refractivity contribution is -0.132. The van der Waals surface area contributed by atoms with Gasteiger partial charge in [-0.2, -0.15) is 0 Å². The number of pyridine rings is 1. The van der Waals surface area contributed by atoms with Gasteiger partial charge in [0.05, 0.1) is 25.7 Å². The lowest BCUT2D eigenvalue weighted by Crippen LogP contribution is -2.51. The van der Waals surface area contributed by atoms with Gasteiger partial charge in [0, 0.05) is 31.3 Å².